The smallest absolute Gasteiger partial charge is 0.276 e. The maximum atomic E-state index is 12.5. The molecular formula is C20H23N7O2. The summed E-state index contributed by atoms with van der Waals surface area (Å²) in [7, 11) is 0. The number of amides is 1. The van der Waals surface area contributed by atoms with E-state index >= 15 is 0 Å². The average Bonchev–Trinajstić information content (AvgIpc) is 3.13. The fourth-order valence-corrected chi connectivity index (χ4v) is 3.28. The monoisotopic (exact) mass is 393 g/mol. The minimum Gasteiger partial charge on any atom is -0.361 e. The lowest BCUT2D eigenvalue weighted by atomic mass is 10.2. The first-order valence-corrected chi connectivity index (χ1v) is 9.51. The first kappa shape index (κ1) is 18.9. The van der Waals surface area contributed by atoms with E-state index in [9.17, 15) is 4.79 Å². The fraction of sp³-hybridized carbons (Fsp3) is 0.350. The highest BCUT2D eigenvalue weighted by Crippen LogP contribution is 2.21. The Morgan fingerprint density at radius 2 is 1.83 bits per heavy atom. The number of hydrogen-bond donors (Lipinski definition) is 1. The van der Waals surface area contributed by atoms with Gasteiger partial charge in [0.1, 0.15) is 29.0 Å². The molecule has 4 heterocycles. The highest BCUT2D eigenvalue weighted by Gasteiger charge is 2.25. The summed E-state index contributed by atoms with van der Waals surface area (Å²) < 4.78 is 5.01. The van der Waals surface area contributed by atoms with Crippen molar-refractivity contribution in [2.45, 2.75) is 20.8 Å². The quantitative estimate of drug-likeness (QED) is 0.722. The van der Waals surface area contributed by atoms with Gasteiger partial charge >= 0.3 is 0 Å². The molecule has 0 atom stereocenters. The lowest BCUT2D eigenvalue weighted by Gasteiger charge is -2.35. The van der Waals surface area contributed by atoms with Crippen molar-refractivity contribution < 1.29 is 9.32 Å². The minimum atomic E-state index is -0.103. The molecule has 0 spiro atoms. The molecule has 29 heavy (non-hydrogen) atoms. The number of nitrogens with one attached hydrogen (secondary N) is 1. The van der Waals surface area contributed by atoms with Crippen LogP contribution in [-0.4, -0.2) is 57.1 Å². The molecule has 9 heteroatoms. The molecule has 1 saturated heterocycles. The van der Waals surface area contributed by atoms with Crippen LogP contribution in [-0.2, 0) is 0 Å². The molecule has 1 aliphatic rings. The molecule has 1 aliphatic heterocycles. The highest BCUT2D eigenvalue weighted by atomic mass is 16.5. The van der Waals surface area contributed by atoms with Crippen LogP contribution in [0.3, 0.4) is 0 Å². The van der Waals surface area contributed by atoms with E-state index in [0.29, 0.717) is 49.3 Å². The van der Waals surface area contributed by atoms with Crippen LogP contribution in [0.2, 0.25) is 0 Å². The Kier molecular flexibility index (Phi) is 5.11. The van der Waals surface area contributed by atoms with E-state index in [4.69, 9.17) is 4.52 Å². The molecule has 0 radical (unpaired) electrons. The summed E-state index contributed by atoms with van der Waals surface area (Å²) in [5, 5.41) is 7.07. The summed E-state index contributed by atoms with van der Waals surface area (Å²) in [5.41, 5.74) is 1.47. The Morgan fingerprint density at radius 1 is 1.03 bits per heavy atom. The molecule has 0 saturated carbocycles. The maximum absolute atomic E-state index is 12.5. The molecule has 0 bridgehead atoms. The lowest BCUT2D eigenvalue weighted by Crippen LogP contribution is -2.49. The maximum Gasteiger partial charge on any atom is 0.276 e. The third kappa shape index (κ3) is 4.34. The molecule has 1 fully saturated rings. The number of rotatable bonds is 4. The molecular weight excluding hydrogens is 370 g/mol. The van der Waals surface area contributed by atoms with Gasteiger partial charge in [0.2, 0.25) is 0 Å². The van der Waals surface area contributed by atoms with Gasteiger partial charge in [-0.15, -0.1) is 0 Å². The van der Waals surface area contributed by atoms with Gasteiger partial charge in [-0.1, -0.05) is 5.16 Å². The van der Waals surface area contributed by atoms with E-state index in [-0.39, 0.29) is 5.91 Å². The van der Waals surface area contributed by atoms with Gasteiger partial charge in [-0.25, -0.2) is 15.0 Å². The van der Waals surface area contributed by atoms with E-state index in [1.807, 2.05) is 32.0 Å². The van der Waals surface area contributed by atoms with Crippen LogP contribution in [0.4, 0.5) is 17.5 Å². The summed E-state index contributed by atoms with van der Waals surface area (Å²) in [6, 6.07) is 7.49. The number of aromatic nitrogens is 4. The molecule has 0 aromatic carbocycles. The molecule has 3 aromatic rings. The topological polar surface area (TPSA) is 100 Å². The summed E-state index contributed by atoms with van der Waals surface area (Å²) in [5.74, 6) is 3.47. The zero-order chi connectivity index (χ0) is 20.4. The van der Waals surface area contributed by atoms with Gasteiger partial charge in [-0.05, 0) is 38.5 Å². The van der Waals surface area contributed by atoms with Crippen molar-refractivity contribution in [2.24, 2.45) is 0 Å². The van der Waals surface area contributed by atoms with E-state index in [1.165, 1.54) is 0 Å². The van der Waals surface area contributed by atoms with Crippen molar-refractivity contribution in [3.05, 3.63) is 53.3 Å². The van der Waals surface area contributed by atoms with Gasteiger partial charge < -0.3 is 19.6 Å². The Labute approximate surface area is 168 Å². The molecule has 0 unspecified atom stereocenters. The Bertz CT molecular complexity index is 1030. The van der Waals surface area contributed by atoms with Crippen LogP contribution < -0.4 is 10.2 Å². The second kappa shape index (κ2) is 7.86. The van der Waals surface area contributed by atoms with Gasteiger partial charge in [0.05, 0.1) is 0 Å². The third-order valence-corrected chi connectivity index (χ3v) is 4.73. The fourth-order valence-electron chi connectivity index (χ4n) is 3.28. The molecule has 0 aliphatic carbocycles. The molecule has 9 nitrogen and oxygen atoms in total. The SMILES string of the molecule is Cc1ccnc(Nc2cc(N3CCN(C(=O)c4cc(C)on4)CC3)nc(C)n2)c1. The van der Waals surface area contributed by atoms with Gasteiger partial charge in [-0.3, -0.25) is 4.79 Å². The summed E-state index contributed by atoms with van der Waals surface area (Å²) in [6.07, 6.45) is 1.76. The van der Waals surface area contributed by atoms with E-state index < -0.39 is 0 Å². The van der Waals surface area contributed by atoms with Crippen molar-refractivity contribution in [3.8, 4) is 0 Å². The number of hydrogen-bond acceptors (Lipinski definition) is 8. The predicted molar refractivity (Wildman–Crippen MR) is 108 cm³/mol. The average molecular weight is 393 g/mol. The predicted octanol–water partition coefficient (Wildman–Crippen LogP) is 2.49. The van der Waals surface area contributed by atoms with Crippen LogP contribution in [0.25, 0.3) is 0 Å². The standard InChI is InChI=1S/C20H23N7O2/c1-13-4-5-21-17(10-13)24-18-12-19(23-15(3)22-18)26-6-8-27(9-7-26)20(28)16-11-14(2)29-25-16/h4-5,10-12H,6-9H2,1-3H3,(H,21,22,23,24). The van der Waals surface area contributed by atoms with Crippen LogP contribution in [0.5, 0.6) is 0 Å². The zero-order valence-corrected chi connectivity index (χ0v) is 16.7. The Balaban J connectivity index is 1.44. The van der Waals surface area contributed by atoms with Crippen molar-refractivity contribution in [2.75, 3.05) is 36.4 Å². The Morgan fingerprint density at radius 3 is 2.52 bits per heavy atom. The van der Waals surface area contributed by atoms with Crippen LogP contribution in [0, 0.1) is 20.8 Å². The van der Waals surface area contributed by atoms with Crippen LogP contribution in [0.1, 0.15) is 27.6 Å². The molecule has 1 amide bonds. The first-order valence-electron chi connectivity index (χ1n) is 9.51. The van der Waals surface area contributed by atoms with Gasteiger partial charge in [0.25, 0.3) is 5.91 Å². The van der Waals surface area contributed by atoms with Crippen molar-refractivity contribution in [1.82, 2.24) is 25.0 Å². The lowest BCUT2D eigenvalue weighted by molar-refractivity contribution is 0.0736. The minimum absolute atomic E-state index is 0.103. The number of aryl methyl sites for hydroxylation is 3. The second-order valence-corrected chi connectivity index (χ2v) is 7.10. The van der Waals surface area contributed by atoms with E-state index in [1.54, 1.807) is 24.1 Å². The third-order valence-electron chi connectivity index (χ3n) is 4.73. The number of carbonyl (C=O) groups is 1. The van der Waals surface area contributed by atoms with Crippen molar-refractivity contribution in [1.29, 1.82) is 0 Å². The largest absolute Gasteiger partial charge is 0.361 e. The van der Waals surface area contributed by atoms with E-state index in [0.717, 1.165) is 17.2 Å². The summed E-state index contributed by atoms with van der Waals surface area (Å²) in [6.45, 7) is 8.21. The number of piperazine rings is 1. The van der Waals surface area contributed by atoms with Crippen molar-refractivity contribution >= 4 is 23.4 Å². The van der Waals surface area contributed by atoms with Gasteiger partial charge in [0.15, 0.2) is 5.69 Å². The van der Waals surface area contributed by atoms with Gasteiger partial charge in [-0.2, -0.15) is 0 Å². The van der Waals surface area contributed by atoms with Crippen LogP contribution >= 0.6 is 0 Å². The normalized spacial score (nSPS) is 14.2. The molecule has 3 aromatic heterocycles. The number of carbonyl (C=O) groups excluding carboxylic acids is 1. The zero-order valence-electron chi connectivity index (χ0n) is 16.7. The number of nitrogens with zero attached hydrogens (tertiary/aromatic N) is 6. The number of anilines is 3. The summed E-state index contributed by atoms with van der Waals surface area (Å²) >= 11 is 0. The summed E-state index contributed by atoms with van der Waals surface area (Å²) in [4.78, 5) is 29.8. The first-order chi connectivity index (χ1) is 14.0. The molecule has 4 rings (SSSR count). The van der Waals surface area contributed by atoms with Crippen LogP contribution in [0.15, 0.2) is 35.0 Å². The van der Waals surface area contributed by atoms with Crippen molar-refractivity contribution in [3.63, 3.8) is 0 Å². The molecule has 150 valence electrons. The Hall–Kier alpha value is -3.49. The highest BCUT2D eigenvalue weighted by molar-refractivity contribution is 5.92. The molecule has 1 N–H and O–H groups in total. The number of pyridine rings is 1. The van der Waals surface area contributed by atoms with Gasteiger partial charge in [0, 0.05) is 44.5 Å². The van der Waals surface area contributed by atoms with E-state index in [2.05, 4.69) is 30.3 Å². The second-order valence-electron chi connectivity index (χ2n) is 7.10.